The average molecular weight is 233 g/mol. The van der Waals surface area contributed by atoms with E-state index in [2.05, 4.69) is 9.97 Å². The molecule has 86 valence electrons. The molecule has 0 fully saturated rings. The molecule has 0 spiro atoms. The summed E-state index contributed by atoms with van der Waals surface area (Å²) in [5, 5.41) is 8.73. The zero-order valence-corrected chi connectivity index (χ0v) is 9.58. The summed E-state index contributed by atoms with van der Waals surface area (Å²) in [5.74, 6) is 0.631. The highest BCUT2D eigenvalue weighted by molar-refractivity contribution is 7.89. The third-order valence-electron chi connectivity index (χ3n) is 2.04. The summed E-state index contributed by atoms with van der Waals surface area (Å²) in [6.07, 6.45) is 1.95. The predicted molar refractivity (Wildman–Crippen MR) is 54.9 cm³/mol. The Morgan fingerprint density at radius 2 is 2.27 bits per heavy atom. The van der Waals surface area contributed by atoms with Gasteiger partial charge in [-0.1, -0.05) is 6.92 Å². The van der Waals surface area contributed by atoms with E-state index < -0.39 is 10.0 Å². The van der Waals surface area contributed by atoms with Crippen LogP contribution in [-0.4, -0.2) is 48.0 Å². The summed E-state index contributed by atoms with van der Waals surface area (Å²) in [5.41, 5.74) is 0. The summed E-state index contributed by atoms with van der Waals surface area (Å²) >= 11 is 0. The van der Waals surface area contributed by atoms with Crippen LogP contribution in [0.15, 0.2) is 11.2 Å². The van der Waals surface area contributed by atoms with Gasteiger partial charge in [-0.05, 0) is 0 Å². The van der Waals surface area contributed by atoms with E-state index in [9.17, 15) is 8.42 Å². The Bertz CT molecular complexity index is 413. The van der Waals surface area contributed by atoms with Gasteiger partial charge in [0.2, 0.25) is 0 Å². The van der Waals surface area contributed by atoms with Gasteiger partial charge in [-0.15, -0.1) is 0 Å². The number of aliphatic hydroxyl groups excluding tert-OH is 1. The third kappa shape index (κ3) is 2.55. The number of aromatic amines is 1. The number of imidazole rings is 1. The van der Waals surface area contributed by atoms with Crippen LogP contribution in [0.25, 0.3) is 0 Å². The molecule has 0 aliphatic heterocycles. The van der Waals surface area contributed by atoms with Crippen molar-refractivity contribution in [1.29, 1.82) is 0 Å². The standard InChI is InChI=1S/C8H15N3O3S/c1-3-7-9-6-8(10-7)15(13,14)11(2)4-5-12/h6,12H,3-5H2,1-2H3,(H,9,10). The van der Waals surface area contributed by atoms with Crippen LogP contribution in [0.5, 0.6) is 0 Å². The number of likely N-dealkylation sites (N-methyl/N-ethyl adjacent to an activating group) is 1. The molecule has 7 heteroatoms. The fourth-order valence-electron chi connectivity index (χ4n) is 1.08. The van der Waals surface area contributed by atoms with Crippen molar-refractivity contribution in [1.82, 2.24) is 14.3 Å². The fourth-order valence-corrected chi connectivity index (χ4v) is 2.17. The van der Waals surface area contributed by atoms with Crippen molar-refractivity contribution in [3.8, 4) is 0 Å². The van der Waals surface area contributed by atoms with Crippen LogP contribution >= 0.6 is 0 Å². The van der Waals surface area contributed by atoms with Gasteiger partial charge in [0, 0.05) is 20.0 Å². The van der Waals surface area contributed by atoms with Crippen molar-refractivity contribution < 1.29 is 13.5 Å². The first-order chi connectivity index (χ1) is 7.02. The van der Waals surface area contributed by atoms with Gasteiger partial charge in [-0.25, -0.2) is 13.4 Å². The lowest BCUT2D eigenvalue weighted by molar-refractivity contribution is 0.266. The summed E-state index contributed by atoms with van der Waals surface area (Å²) in [6.45, 7) is 1.75. The molecule has 0 bridgehead atoms. The lowest BCUT2D eigenvalue weighted by Gasteiger charge is -2.13. The Hall–Kier alpha value is -0.920. The van der Waals surface area contributed by atoms with Gasteiger partial charge in [0.15, 0.2) is 5.03 Å². The molecule has 0 aliphatic rings. The molecule has 0 saturated carbocycles. The molecule has 0 unspecified atom stereocenters. The Morgan fingerprint density at radius 3 is 2.73 bits per heavy atom. The topological polar surface area (TPSA) is 86.3 Å². The van der Waals surface area contributed by atoms with Gasteiger partial charge < -0.3 is 10.1 Å². The Kier molecular flexibility index (Phi) is 3.83. The largest absolute Gasteiger partial charge is 0.395 e. The number of H-pyrrole nitrogens is 1. The van der Waals surface area contributed by atoms with Crippen molar-refractivity contribution >= 4 is 10.0 Å². The first-order valence-electron chi connectivity index (χ1n) is 4.63. The second-order valence-electron chi connectivity index (χ2n) is 3.10. The molecule has 0 radical (unpaired) electrons. The van der Waals surface area contributed by atoms with Crippen LogP contribution in [-0.2, 0) is 16.4 Å². The maximum atomic E-state index is 11.8. The smallest absolute Gasteiger partial charge is 0.259 e. The molecule has 1 rings (SSSR count). The number of hydrogen-bond donors (Lipinski definition) is 2. The van der Waals surface area contributed by atoms with Gasteiger partial charge in [0.05, 0.1) is 12.8 Å². The molecule has 0 saturated heterocycles. The predicted octanol–water partition coefficient (Wildman–Crippen LogP) is -0.415. The third-order valence-corrected chi connectivity index (χ3v) is 3.81. The molecule has 6 nitrogen and oxygen atoms in total. The molecule has 1 aromatic heterocycles. The van der Waals surface area contributed by atoms with E-state index in [4.69, 9.17) is 5.11 Å². The van der Waals surface area contributed by atoms with E-state index >= 15 is 0 Å². The monoisotopic (exact) mass is 233 g/mol. The second-order valence-corrected chi connectivity index (χ2v) is 5.11. The van der Waals surface area contributed by atoms with Gasteiger partial charge >= 0.3 is 0 Å². The number of sulfonamides is 1. The quantitative estimate of drug-likeness (QED) is 0.723. The molecule has 2 N–H and O–H groups in total. The van der Waals surface area contributed by atoms with Gasteiger partial charge in [0.1, 0.15) is 5.82 Å². The van der Waals surface area contributed by atoms with E-state index in [1.165, 1.54) is 13.2 Å². The highest BCUT2D eigenvalue weighted by Crippen LogP contribution is 2.11. The highest BCUT2D eigenvalue weighted by atomic mass is 32.2. The Labute approximate surface area is 89.0 Å². The fraction of sp³-hybridized carbons (Fsp3) is 0.625. The van der Waals surface area contributed by atoms with E-state index in [-0.39, 0.29) is 18.2 Å². The number of hydrogen-bond acceptors (Lipinski definition) is 4. The number of aryl methyl sites for hydroxylation is 1. The molecule has 0 amide bonds. The maximum Gasteiger partial charge on any atom is 0.259 e. The van der Waals surface area contributed by atoms with Crippen molar-refractivity contribution in [3.05, 3.63) is 12.0 Å². The Balaban J connectivity index is 2.95. The van der Waals surface area contributed by atoms with Crippen molar-refractivity contribution in [2.24, 2.45) is 0 Å². The summed E-state index contributed by atoms with van der Waals surface area (Å²) in [6, 6.07) is 0. The average Bonchev–Trinajstić information content (AvgIpc) is 2.66. The van der Waals surface area contributed by atoms with Crippen LogP contribution in [0.3, 0.4) is 0 Å². The summed E-state index contributed by atoms with van der Waals surface area (Å²) < 4.78 is 24.7. The number of aromatic nitrogens is 2. The molecule has 0 atom stereocenters. The molecule has 1 heterocycles. The van der Waals surface area contributed by atoms with E-state index in [0.29, 0.717) is 12.2 Å². The highest BCUT2D eigenvalue weighted by Gasteiger charge is 2.22. The van der Waals surface area contributed by atoms with Crippen molar-refractivity contribution in [2.75, 3.05) is 20.2 Å². The first kappa shape index (κ1) is 12.2. The van der Waals surface area contributed by atoms with Crippen LogP contribution in [0.4, 0.5) is 0 Å². The minimum Gasteiger partial charge on any atom is -0.395 e. The molecular formula is C8H15N3O3S. The zero-order valence-electron chi connectivity index (χ0n) is 8.77. The molecule has 0 aliphatic carbocycles. The molecule has 0 aromatic carbocycles. The molecule has 1 aromatic rings. The maximum absolute atomic E-state index is 11.8. The minimum atomic E-state index is -3.54. The lowest BCUT2D eigenvalue weighted by atomic mass is 10.5. The molecule has 15 heavy (non-hydrogen) atoms. The van der Waals surface area contributed by atoms with Gasteiger partial charge in [-0.2, -0.15) is 4.31 Å². The van der Waals surface area contributed by atoms with E-state index in [0.717, 1.165) is 4.31 Å². The van der Waals surface area contributed by atoms with E-state index in [1.54, 1.807) is 0 Å². The second kappa shape index (κ2) is 4.73. The number of nitrogens with zero attached hydrogens (tertiary/aromatic N) is 2. The van der Waals surface area contributed by atoms with Crippen molar-refractivity contribution in [2.45, 2.75) is 18.4 Å². The summed E-state index contributed by atoms with van der Waals surface area (Å²) in [4.78, 5) is 6.64. The summed E-state index contributed by atoms with van der Waals surface area (Å²) in [7, 11) is -2.12. The zero-order chi connectivity index (χ0) is 11.5. The van der Waals surface area contributed by atoms with Crippen LogP contribution < -0.4 is 0 Å². The number of rotatable bonds is 5. The number of aliphatic hydroxyl groups is 1. The van der Waals surface area contributed by atoms with E-state index in [1.807, 2.05) is 6.92 Å². The van der Waals surface area contributed by atoms with Crippen LogP contribution in [0, 0.1) is 0 Å². The normalized spacial score (nSPS) is 12.3. The minimum absolute atomic E-state index is 0.0651. The molecular weight excluding hydrogens is 218 g/mol. The first-order valence-corrected chi connectivity index (χ1v) is 6.07. The SMILES string of the molecule is CCc1ncc(S(=O)(=O)N(C)CCO)[nH]1. The van der Waals surface area contributed by atoms with Crippen LogP contribution in [0.1, 0.15) is 12.7 Å². The number of nitrogens with one attached hydrogen (secondary N) is 1. The Morgan fingerprint density at radius 1 is 1.60 bits per heavy atom. The van der Waals surface area contributed by atoms with Crippen molar-refractivity contribution in [3.63, 3.8) is 0 Å². The van der Waals surface area contributed by atoms with Crippen LogP contribution in [0.2, 0.25) is 0 Å². The van der Waals surface area contributed by atoms with Gasteiger partial charge in [-0.3, -0.25) is 0 Å². The van der Waals surface area contributed by atoms with Gasteiger partial charge in [0.25, 0.3) is 10.0 Å². The lowest BCUT2D eigenvalue weighted by Crippen LogP contribution is -2.29.